The Hall–Kier alpha value is -2.02. The van der Waals surface area contributed by atoms with E-state index in [9.17, 15) is 19.3 Å². The Morgan fingerprint density at radius 3 is 2.90 bits per heavy atom. The maximum absolute atomic E-state index is 13.0. The molecule has 1 aromatic rings. The van der Waals surface area contributed by atoms with Gasteiger partial charge in [-0.3, -0.25) is 14.9 Å². The summed E-state index contributed by atoms with van der Waals surface area (Å²) >= 11 is 0. The molecule has 0 heterocycles. The van der Waals surface area contributed by atoms with Crippen LogP contribution in [0.5, 0.6) is 0 Å². The number of nitrogens with zero attached hydrogens (tertiary/aromatic N) is 1. The van der Waals surface area contributed by atoms with Crippen LogP contribution < -0.4 is 11.1 Å². The fraction of sp³-hybridized carbons (Fsp3) is 0.462. The van der Waals surface area contributed by atoms with Gasteiger partial charge in [-0.25, -0.2) is 4.39 Å². The number of nitro benzene ring substituents is 1. The molecule has 0 saturated heterocycles. The van der Waals surface area contributed by atoms with Crippen molar-refractivity contribution in [2.24, 2.45) is 11.7 Å². The number of amides is 1. The number of carbonyl (C=O) groups is 1. The zero-order valence-corrected chi connectivity index (χ0v) is 10.8. The molecule has 6 nitrogen and oxygen atoms in total. The van der Waals surface area contributed by atoms with Gasteiger partial charge in [-0.15, -0.1) is 0 Å². The van der Waals surface area contributed by atoms with Crippen molar-refractivity contribution < 1.29 is 14.1 Å². The molecule has 3 N–H and O–H groups in total. The predicted octanol–water partition coefficient (Wildman–Crippen LogP) is 1.59. The molecule has 2 rings (SSSR count). The van der Waals surface area contributed by atoms with E-state index in [-0.39, 0.29) is 17.5 Å². The Balaban J connectivity index is 2.19. The first-order chi connectivity index (χ1) is 9.52. The van der Waals surface area contributed by atoms with E-state index in [0.29, 0.717) is 6.54 Å². The summed E-state index contributed by atoms with van der Waals surface area (Å²) in [5.74, 6) is -1.10. The topological polar surface area (TPSA) is 98.3 Å². The molecule has 1 amide bonds. The summed E-state index contributed by atoms with van der Waals surface area (Å²) in [7, 11) is 0. The highest BCUT2D eigenvalue weighted by Gasteiger charge is 2.29. The first-order valence-corrected chi connectivity index (χ1v) is 6.47. The molecule has 0 aromatic heterocycles. The molecule has 2 atom stereocenters. The van der Waals surface area contributed by atoms with Crippen LogP contribution in [0.15, 0.2) is 18.2 Å². The van der Waals surface area contributed by atoms with Gasteiger partial charge in [0.05, 0.1) is 11.0 Å². The summed E-state index contributed by atoms with van der Waals surface area (Å²) in [4.78, 5) is 22.2. The zero-order valence-electron chi connectivity index (χ0n) is 10.8. The summed E-state index contributed by atoms with van der Waals surface area (Å²) < 4.78 is 13.0. The van der Waals surface area contributed by atoms with Gasteiger partial charge >= 0.3 is 0 Å². The number of rotatable bonds is 4. The maximum Gasteiger partial charge on any atom is 0.285 e. The van der Waals surface area contributed by atoms with Crippen LogP contribution in [0, 0.1) is 21.8 Å². The van der Waals surface area contributed by atoms with E-state index in [0.717, 1.165) is 37.5 Å². The van der Waals surface area contributed by atoms with E-state index < -0.39 is 22.3 Å². The molecular formula is C13H16FN3O3. The van der Waals surface area contributed by atoms with Crippen molar-refractivity contribution >= 4 is 11.6 Å². The van der Waals surface area contributed by atoms with Crippen molar-refractivity contribution in [1.29, 1.82) is 0 Å². The van der Waals surface area contributed by atoms with Crippen molar-refractivity contribution in [1.82, 2.24) is 5.32 Å². The highest BCUT2D eigenvalue weighted by Crippen LogP contribution is 2.26. The van der Waals surface area contributed by atoms with Crippen LogP contribution in [-0.4, -0.2) is 23.4 Å². The maximum atomic E-state index is 13.0. The molecule has 1 aliphatic rings. The standard InChI is InChI=1S/C13H16FN3O3/c14-9-4-5-10(12(6-9)17(19)20)13(18)16-11-3-1-2-8(11)7-15/h4-6,8,11H,1-3,7,15H2,(H,16,18). The molecule has 2 unspecified atom stereocenters. The van der Waals surface area contributed by atoms with Gasteiger partial charge in [-0.05, 0) is 37.4 Å². The molecule has 7 heteroatoms. The number of hydrogen-bond donors (Lipinski definition) is 2. The van der Waals surface area contributed by atoms with Gasteiger partial charge in [0.1, 0.15) is 11.4 Å². The lowest BCUT2D eigenvalue weighted by molar-refractivity contribution is -0.385. The lowest BCUT2D eigenvalue weighted by atomic mass is 10.0. The highest BCUT2D eigenvalue weighted by molar-refractivity contribution is 5.98. The van der Waals surface area contributed by atoms with Crippen molar-refractivity contribution in [2.75, 3.05) is 6.54 Å². The SMILES string of the molecule is NCC1CCCC1NC(=O)c1ccc(F)cc1[N+](=O)[O-]. The number of nitrogens with two attached hydrogens (primary N) is 1. The average Bonchev–Trinajstić information content (AvgIpc) is 2.85. The second-order valence-corrected chi connectivity index (χ2v) is 4.93. The number of halogens is 1. The number of nitrogens with one attached hydrogen (secondary N) is 1. The van der Waals surface area contributed by atoms with Gasteiger partial charge < -0.3 is 11.1 Å². The Labute approximate surface area is 115 Å². The first-order valence-electron chi connectivity index (χ1n) is 6.47. The third-order valence-electron chi connectivity index (χ3n) is 3.68. The normalized spacial score (nSPS) is 21.7. The van der Waals surface area contributed by atoms with Crippen molar-refractivity contribution in [3.05, 3.63) is 39.7 Å². The van der Waals surface area contributed by atoms with Gasteiger partial charge in [-0.2, -0.15) is 0 Å². The zero-order chi connectivity index (χ0) is 14.7. The van der Waals surface area contributed by atoms with Gasteiger partial charge in [0.25, 0.3) is 11.6 Å². The van der Waals surface area contributed by atoms with Gasteiger partial charge in [-0.1, -0.05) is 6.42 Å². The van der Waals surface area contributed by atoms with Crippen molar-refractivity contribution in [2.45, 2.75) is 25.3 Å². The van der Waals surface area contributed by atoms with Crippen LogP contribution in [0.2, 0.25) is 0 Å². The summed E-state index contributed by atoms with van der Waals surface area (Å²) in [6, 6.07) is 2.85. The fourth-order valence-electron chi connectivity index (χ4n) is 2.60. The fourth-order valence-corrected chi connectivity index (χ4v) is 2.60. The van der Waals surface area contributed by atoms with Gasteiger partial charge in [0, 0.05) is 6.04 Å². The second-order valence-electron chi connectivity index (χ2n) is 4.93. The molecule has 0 spiro atoms. The highest BCUT2D eigenvalue weighted by atomic mass is 19.1. The number of benzene rings is 1. The van der Waals surface area contributed by atoms with Gasteiger partial charge in [0.15, 0.2) is 0 Å². The molecule has 0 aliphatic heterocycles. The summed E-state index contributed by atoms with van der Waals surface area (Å²) in [6.45, 7) is 0.469. The van der Waals surface area contributed by atoms with Gasteiger partial charge in [0.2, 0.25) is 0 Å². The van der Waals surface area contributed by atoms with E-state index >= 15 is 0 Å². The van der Waals surface area contributed by atoms with E-state index in [4.69, 9.17) is 5.73 Å². The number of carbonyl (C=O) groups excluding carboxylic acids is 1. The van der Waals surface area contributed by atoms with E-state index in [1.165, 1.54) is 0 Å². The van der Waals surface area contributed by atoms with Crippen LogP contribution in [0.4, 0.5) is 10.1 Å². The second kappa shape index (κ2) is 5.96. The Morgan fingerprint density at radius 2 is 2.25 bits per heavy atom. The molecule has 1 aromatic carbocycles. The monoisotopic (exact) mass is 281 g/mol. The van der Waals surface area contributed by atoms with E-state index in [1.54, 1.807) is 0 Å². The molecule has 0 radical (unpaired) electrons. The molecule has 20 heavy (non-hydrogen) atoms. The van der Waals surface area contributed by atoms with Crippen molar-refractivity contribution in [3.63, 3.8) is 0 Å². The summed E-state index contributed by atoms with van der Waals surface area (Å²) in [5, 5.41) is 13.6. The molecule has 1 fully saturated rings. The van der Waals surface area contributed by atoms with E-state index in [1.807, 2.05) is 0 Å². The number of nitro groups is 1. The minimum Gasteiger partial charge on any atom is -0.349 e. The Bertz CT molecular complexity index is 536. The third kappa shape index (κ3) is 2.93. The van der Waals surface area contributed by atoms with Crippen LogP contribution >= 0.6 is 0 Å². The molecular weight excluding hydrogens is 265 g/mol. The first kappa shape index (κ1) is 14.4. The largest absolute Gasteiger partial charge is 0.349 e. The quantitative estimate of drug-likeness (QED) is 0.646. The Morgan fingerprint density at radius 1 is 1.50 bits per heavy atom. The molecule has 1 aliphatic carbocycles. The van der Waals surface area contributed by atoms with E-state index in [2.05, 4.69) is 5.32 Å². The molecule has 0 bridgehead atoms. The summed E-state index contributed by atoms with van der Waals surface area (Å²) in [6.07, 6.45) is 2.72. The minimum absolute atomic E-state index is 0.0721. The molecule has 108 valence electrons. The van der Waals surface area contributed by atoms with Crippen LogP contribution in [0.1, 0.15) is 29.6 Å². The smallest absolute Gasteiger partial charge is 0.285 e. The van der Waals surface area contributed by atoms with Crippen LogP contribution in [0.25, 0.3) is 0 Å². The minimum atomic E-state index is -0.757. The molecule has 1 saturated carbocycles. The average molecular weight is 281 g/mol. The van der Waals surface area contributed by atoms with Crippen LogP contribution in [0.3, 0.4) is 0 Å². The summed E-state index contributed by atoms with van der Waals surface area (Å²) in [5.41, 5.74) is 4.98. The Kier molecular flexibility index (Phi) is 4.29. The number of hydrogen-bond acceptors (Lipinski definition) is 4. The van der Waals surface area contributed by atoms with Crippen LogP contribution in [-0.2, 0) is 0 Å². The lowest BCUT2D eigenvalue weighted by Gasteiger charge is -2.19. The predicted molar refractivity (Wildman–Crippen MR) is 70.7 cm³/mol. The lowest BCUT2D eigenvalue weighted by Crippen LogP contribution is -2.40. The van der Waals surface area contributed by atoms with Crippen molar-refractivity contribution in [3.8, 4) is 0 Å². The third-order valence-corrected chi connectivity index (χ3v) is 3.68.